The maximum Gasteiger partial charge on any atom is 0.0467 e. The molecule has 0 N–H and O–H groups in total. The van der Waals surface area contributed by atoms with E-state index in [0.717, 1.165) is 23.7 Å². The Morgan fingerprint density at radius 2 is 0.746 bits per heavy atom. The van der Waals surface area contributed by atoms with E-state index in [-0.39, 0.29) is 10.8 Å². The highest BCUT2D eigenvalue weighted by molar-refractivity contribution is 5.89. The predicted molar refractivity (Wildman–Crippen MR) is 297 cm³/mol. The average molecular weight is 922 g/mol. The Bertz CT molecular complexity index is 3340. The Labute approximate surface area is 423 Å². The third-order valence-electron chi connectivity index (χ3n) is 19.7. The maximum absolute atomic E-state index is 2.63. The second-order valence-corrected chi connectivity index (χ2v) is 23.7. The first-order valence-corrected chi connectivity index (χ1v) is 27.4. The fourth-order valence-corrected chi connectivity index (χ4v) is 17.3. The van der Waals surface area contributed by atoms with E-state index in [1.54, 1.807) is 22.3 Å². The van der Waals surface area contributed by atoms with Gasteiger partial charge in [0, 0.05) is 27.9 Å². The summed E-state index contributed by atoms with van der Waals surface area (Å²) in [6.45, 7) is 10.2. The molecule has 2 spiro atoms. The van der Waals surface area contributed by atoms with Gasteiger partial charge in [-0.2, -0.15) is 0 Å². The Morgan fingerprint density at radius 1 is 0.310 bits per heavy atom. The Balaban J connectivity index is 0.877. The SMILES string of the molecule is C[C@@H]1CC2CC(C1)[C@]1(c3ccccc3-c3ccc(-c4cccc(-c5cccc(N(c6ccc(-c7ccccc7)cc6)c6ccc7c(c6)[C@@]6(c8ccccc8-7)[C@H]7CC(C[C@@H](C)C7)C[C@@H]6C)c5)c4)cc31)[C@@H](C)C2. The molecule has 0 amide bonds. The fourth-order valence-electron chi connectivity index (χ4n) is 17.3. The molecule has 14 rings (SSSR count). The molecular formula is C70H67N. The molecule has 1 heteroatoms. The summed E-state index contributed by atoms with van der Waals surface area (Å²) in [5.41, 5.74) is 23.4. The van der Waals surface area contributed by atoms with Gasteiger partial charge in [0.2, 0.25) is 0 Å². The van der Waals surface area contributed by atoms with Crippen molar-refractivity contribution in [3.63, 3.8) is 0 Å². The molecule has 8 aromatic rings. The van der Waals surface area contributed by atoms with Gasteiger partial charge in [-0.15, -0.1) is 0 Å². The number of fused-ring (bicyclic) bond motifs is 16. The Kier molecular flexibility index (Phi) is 10.1. The van der Waals surface area contributed by atoms with Crippen LogP contribution in [0.5, 0.6) is 0 Å². The van der Waals surface area contributed by atoms with Gasteiger partial charge in [-0.25, -0.2) is 0 Å². The van der Waals surface area contributed by atoms with Gasteiger partial charge >= 0.3 is 0 Å². The minimum Gasteiger partial charge on any atom is -0.310 e. The second-order valence-electron chi connectivity index (χ2n) is 23.7. The van der Waals surface area contributed by atoms with E-state index in [0.29, 0.717) is 23.7 Å². The quantitative estimate of drug-likeness (QED) is 0.161. The van der Waals surface area contributed by atoms with Crippen LogP contribution in [-0.2, 0) is 10.8 Å². The number of rotatable bonds is 6. The van der Waals surface area contributed by atoms with Gasteiger partial charge in [0.1, 0.15) is 0 Å². The van der Waals surface area contributed by atoms with Crippen LogP contribution in [0.2, 0.25) is 0 Å². The summed E-state index contributed by atoms with van der Waals surface area (Å²) in [6.07, 6.45) is 10.8. The third kappa shape index (κ3) is 6.56. The predicted octanol–water partition coefficient (Wildman–Crippen LogP) is 18.9. The van der Waals surface area contributed by atoms with Crippen LogP contribution in [0.15, 0.2) is 188 Å². The molecule has 4 bridgehead atoms. The molecule has 0 saturated heterocycles. The lowest BCUT2D eigenvalue weighted by atomic mass is 9.49. The van der Waals surface area contributed by atoms with E-state index in [2.05, 4.69) is 221 Å². The van der Waals surface area contributed by atoms with Gasteiger partial charge in [-0.1, -0.05) is 167 Å². The monoisotopic (exact) mass is 922 g/mol. The Hall–Kier alpha value is -6.44. The van der Waals surface area contributed by atoms with Crippen LogP contribution in [-0.4, -0.2) is 0 Å². The molecule has 3 unspecified atom stereocenters. The van der Waals surface area contributed by atoms with E-state index in [9.17, 15) is 0 Å². The number of hydrogen-bond acceptors (Lipinski definition) is 1. The standard InChI is InChI=1S/C70H67N/c1-44-32-48-36-46(3)69(56(34-44)38-48)65-22-10-8-20-61(65)63-30-26-55(42-67(63)69)53-17-12-16-52(40-53)54-18-13-19-59(41-54)71(58-27-24-51(25-28-58)50-14-6-5-7-15-50)60-29-31-64-62-21-9-11-23-66(62)70(68(64)43-60)47(4)37-49-33-45(2)35-57(70)39-49/h5-31,40-49,56-57H,32-39H2,1-4H3/t44-,45-,46+,47+,48?,49?,56?,57-,69+,70-/m1/s1. The average Bonchev–Trinajstić information content (AvgIpc) is 3.88. The van der Waals surface area contributed by atoms with Gasteiger partial charge in [-0.05, 0) is 225 Å². The summed E-state index contributed by atoms with van der Waals surface area (Å²) in [5.74, 6) is 5.78. The molecule has 0 heterocycles. The van der Waals surface area contributed by atoms with E-state index in [1.807, 2.05) is 0 Å². The van der Waals surface area contributed by atoms with E-state index < -0.39 is 0 Å². The van der Waals surface area contributed by atoms with Crippen molar-refractivity contribution in [3.8, 4) is 55.6 Å². The molecule has 0 aromatic heterocycles. The molecule has 4 fully saturated rings. The smallest absolute Gasteiger partial charge is 0.0467 e. The molecule has 71 heavy (non-hydrogen) atoms. The highest BCUT2D eigenvalue weighted by atomic mass is 15.1. The minimum atomic E-state index is 0.0184. The lowest BCUT2D eigenvalue weighted by Gasteiger charge is -2.54. The first-order chi connectivity index (χ1) is 34.8. The van der Waals surface area contributed by atoms with Crippen LogP contribution in [0.1, 0.15) is 101 Å². The summed E-state index contributed by atoms with van der Waals surface area (Å²) in [4.78, 5) is 2.54. The molecular weight excluding hydrogens is 855 g/mol. The topological polar surface area (TPSA) is 3.24 Å². The van der Waals surface area contributed by atoms with Crippen molar-refractivity contribution in [2.24, 2.45) is 47.3 Å². The highest BCUT2D eigenvalue weighted by Crippen LogP contribution is 2.67. The molecule has 6 aliphatic carbocycles. The molecule has 4 saturated carbocycles. The second kappa shape index (κ2) is 16.6. The van der Waals surface area contributed by atoms with Crippen LogP contribution >= 0.6 is 0 Å². The zero-order chi connectivity index (χ0) is 47.6. The van der Waals surface area contributed by atoms with Gasteiger partial charge in [0.05, 0.1) is 0 Å². The molecule has 1 nitrogen and oxygen atoms in total. The van der Waals surface area contributed by atoms with E-state index in [4.69, 9.17) is 0 Å². The maximum atomic E-state index is 2.63. The summed E-state index contributed by atoms with van der Waals surface area (Å²) < 4.78 is 0. The van der Waals surface area contributed by atoms with Crippen LogP contribution in [0.4, 0.5) is 17.1 Å². The molecule has 352 valence electrons. The number of hydrogen-bond donors (Lipinski definition) is 0. The Morgan fingerprint density at radius 3 is 1.37 bits per heavy atom. The number of benzene rings is 8. The largest absolute Gasteiger partial charge is 0.310 e. The highest BCUT2D eigenvalue weighted by Gasteiger charge is 2.58. The van der Waals surface area contributed by atoms with Crippen molar-refractivity contribution in [2.45, 2.75) is 89.9 Å². The van der Waals surface area contributed by atoms with Gasteiger partial charge in [-0.3, -0.25) is 0 Å². The van der Waals surface area contributed by atoms with Crippen molar-refractivity contribution in [2.75, 3.05) is 4.90 Å². The van der Waals surface area contributed by atoms with Crippen LogP contribution in [0.25, 0.3) is 55.6 Å². The summed E-state index contributed by atoms with van der Waals surface area (Å²) in [5, 5.41) is 0. The zero-order valence-electron chi connectivity index (χ0n) is 42.1. The molecule has 10 atom stereocenters. The van der Waals surface area contributed by atoms with Gasteiger partial charge in [0.25, 0.3) is 0 Å². The summed E-state index contributed by atoms with van der Waals surface area (Å²) in [6, 6.07) is 72.8. The zero-order valence-corrected chi connectivity index (χ0v) is 42.1. The van der Waals surface area contributed by atoms with Crippen molar-refractivity contribution >= 4 is 17.1 Å². The molecule has 6 aliphatic rings. The van der Waals surface area contributed by atoms with Crippen molar-refractivity contribution < 1.29 is 0 Å². The first kappa shape index (κ1) is 43.4. The number of nitrogens with zero attached hydrogens (tertiary/aromatic N) is 1. The lowest BCUT2D eigenvalue weighted by molar-refractivity contribution is 0.0426. The van der Waals surface area contributed by atoms with Crippen molar-refractivity contribution in [1.29, 1.82) is 0 Å². The normalized spacial score (nSPS) is 28.5. The molecule has 8 aromatic carbocycles. The minimum absolute atomic E-state index is 0.0184. The fraction of sp³-hybridized carbons (Fsp3) is 0.314. The van der Waals surface area contributed by atoms with Crippen LogP contribution in [0.3, 0.4) is 0 Å². The van der Waals surface area contributed by atoms with Crippen LogP contribution in [0, 0.1) is 47.3 Å². The summed E-state index contributed by atoms with van der Waals surface area (Å²) in [7, 11) is 0. The van der Waals surface area contributed by atoms with E-state index in [1.165, 1.54) is 124 Å². The van der Waals surface area contributed by atoms with Gasteiger partial charge in [0.15, 0.2) is 0 Å². The molecule has 0 radical (unpaired) electrons. The lowest BCUT2D eigenvalue weighted by Crippen LogP contribution is -2.49. The summed E-state index contributed by atoms with van der Waals surface area (Å²) >= 11 is 0. The van der Waals surface area contributed by atoms with Crippen LogP contribution < -0.4 is 4.90 Å². The molecule has 0 aliphatic heterocycles. The van der Waals surface area contributed by atoms with Gasteiger partial charge < -0.3 is 4.90 Å². The van der Waals surface area contributed by atoms with E-state index >= 15 is 0 Å². The number of anilines is 3. The first-order valence-electron chi connectivity index (χ1n) is 27.4. The van der Waals surface area contributed by atoms with Crippen molar-refractivity contribution in [1.82, 2.24) is 0 Å². The third-order valence-corrected chi connectivity index (χ3v) is 19.7. The van der Waals surface area contributed by atoms with Crippen molar-refractivity contribution in [3.05, 3.63) is 210 Å².